The van der Waals surface area contributed by atoms with Crippen LogP contribution in [0.3, 0.4) is 0 Å². The van der Waals surface area contributed by atoms with Gasteiger partial charge in [0.1, 0.15) is 0 Å². The van der Waals surface area contributed by atoms with E-state index in [9.17, 15) is 4.79 Å². The molecule has 0 radical (unpaired) electrons. The Balaban J connectivity index is 1.63. The Morgan fingerprint density at radius 1 is 1.11 bits per heavy atom. The third-order valence-corrected chi connectivity index (χ3v) is 6.13. The highest BCUT2D eigenvalue weighted by molar-refractivity contribution is 5.83. The molecule has 3 fully saturated rings. The quantitative estimate of drug-likeness (QED) is 0.831. The molecule has 2 aliphatic heterocycles. The van der Waals surface area contributed by atoms with E-state index in [0.29, 0.717) is 11.3 Å². The van der Waals surface area contributed by atoms with Crippen LogP contribution in [0.15, 0.2) is 0 Å². The lowest BCUT2D eigenvalue weighted by Crippen LogP contribution is -2.49. The second-order valence-electron chi connectivity index (χ2n) is 7.06. The summed E-state index contributed by atoms with van der Waals surface area (Å²) < 4.78 is 0. The van der Waals surface area contributed by atoms with Crippen molar-refractivity contribution in [3.63, 3.8) is 0 Å². The Labute approximate surface area is 117 Å². The topological polar surface area (TPSA) is 32.3 Å². The van der Waals surface area contributed by atoms with Gasteiger partial charge in [0, 0.05) is 25.0 Å². The van der Waals surface area contributed by atoms with Gasteiger partial charge >= 0.3 is 0 Å². The number of hydrogen-bond acceptors (Lipinski definition) is 2. The number of nitrogens with zero attached hydrogens (tertiary/aromatic N) is 1. The molecule has 1 amide bonds. The fraction of sp³-hybridized carbons (Fsp3) is 0.938. The number of carbonyl (C=O) groups is 1. The molecule has 1 spiro atoms. The number of likely N-dealkylation sites (tertiary alicyclic amines) is 1. The van der Waals surface area contributed by atoms with Crippen molar-refractivity contribution in [3.8, 4) is 0 Å². The molecule has 0 aromatic heterocycles. The molecule has 0 unspecified atom stereocenters. The van der Waals surface area contributed by atoms with Gasteiger partial charge in [-0.3, -0.25) is 4.79 Å². The van der Waals surface area contributed by atoms with E-state index in [1.807, 2.05) is 0 Å². The summed E-state index contributed by atoms with van der Waals surface area (Å²) in [7, 11) is 0. The summed E-state index contributed by atoms with van der Waals surface area (Å²) in [5, 5.41) is 3.50. The largest absolute Gasteiger partial charge is 0.342 e. The van der Waals surface area contributed by atoms with Gasteiger partial charge in [0.25, 0.3) is 0 Å². The molecule has 3 rings (SSSR count). The molecule has 0 aromatic carbocycles. The standard InChI is InChI=1S/C16H28N2O/c1-2-16(5-3-4-6-16)14(19)18-11-8-15(9-12-18)7-10-17-13-15/h17H,2-13H2,1H3. The van der Waals surface area contributed by atoms with Gasteiger partial charge in [-0.1, -0.05) is 19.8 Å². The van der Waals surface area contributed by atoms with Gasteiger partial charge in [-0.2, -0.15) is 0 Å². The molecule has 2 heterocycles. The molecule has 1 N–H and O–H groups in total. The molecule has 108 valence electrons. The molecule has 0 aromatic rings. The zero-order chi connectivity index (χ0) is 13.3. The zero-order valence-electron chi connectivity index (χ0n) is 12.3. The van der Waals surface area contributed by atoms with Crippen LogP contribution in [0.25, 0.3) is 0 Å². The van der Waals surface area contributed by atoms with Crippen LogP contribution in [0.4, 0.5) is 0 Å². The zero-order valence-corrected chi connectivity index (χ0v) is 12.3. The third-order valence-electron chi connectivity index (χ3n) is 6.13. The molecule has 19 heavy (non-hydrogen) atoms. The summed E-state index contributed by atoms with van der Waals surface area (Å²) in [6.45, 7) is 6.56. The van der Waals surface area contributed by atoms with Gasteiger partial charge in [0.05, 0.1) is 0 Å². The summed E-state index contributed by atoms with van der Waals surface area (Å²) in [5.41, 5.74) is 0.532. The van der Waals surface area contributed by atoms with E-state index in [2.05, 4.69) is 17.1 Å². The predicted octanol–water partition coefficient (Wildman–Crippen LogP) is 2.56. The van der Waals surface area contributed by atoms with Crippen LogP contribution in [-0.4, -0.2) is 37.0 Å². The Bertz CT molecular complexity index is 331. The van der Waals surface area contributed by atoms with E-state index in [1.54, 1.807) is 0 Å². The summed E-state index contributed by atoms with van der Waals surface area (Å²) in [5.74, 6) is 0.480. The Kier molecular flexibility index (Phi) is 3.59. The monoisotopic (exact) mass is 264 g/mol. The molecular weight excluding hydrogens is 236 g/mol. The molecule has 0 bridgehead atoms. The average Bonchev–Trinajstić information content (AvgIpc) is 3.09. The first-order valence-electron chi connectivity index (χ1n) is 8.20. The van der Waals surface area contributed by atoms with Crippen molar-refractivity contribution < 1.29 is 4.79 Å². The highest BCUT2D eigenvalue weighted by Gasteiger charge is 2.45. The number of piperidine rings is 1. The summed E-state index contributed by atoms with van der Waals surface area (Å²) in [6, 6.07) is 0. The van der Waals surface area contributed by atoms with Gasteiger partial charge in [-0.15, -0.1) is 0 Å². The second-order valence-corrected chi connectivity index (χ2v) is 7.06. The summed E-state index contributed by atoms with van der Waals surface area (Å²) >= 11 is 0. The van der Waals surface area contributed by atoms with Crippen molar-refractivity contribution in [1.82, 2.24) is 10.2 Å². The van der Waals surface area contributed by atoms with Gasteiger partial charge in [-0.05, 0) is 50.5 Å². The molecule has 3 aliphatic rings. The molecule has 3 heteroatoms. The highest BCUT2D eigenvalue weighted by Crippen LogP contribution is 2.44. The van der Waals surface area contributed by atoms with Crippen LogP contribution in [-0.2, 0) is 4.79 Å². The minimum absolute atomic E-state index is 0.0123. The van der Waals surface area contributed by atoms with Crippen LogP contribution in [0, 0.1) is 10.8 Å². The number of nitrogens with one attached hydrogen (secondary N) is 1. The van der Waals surface area contributed by atoms with E-state index in [-0.39, 0.29) is 5.41 Å². The molecular formula is C16H28N2O. The van der Waals surface area contributed by atoms with Gasteiger partial charge < -0.3 is 10.2 Å². The first-order valence-corrected chi connectivity index (χ1v) is 8.20. The minimum Gasteiger partial charge on any atom is -0.342 e. The maximum atomic E-state index is 12.9. The number of hydrogen-bond donors (Lipinski definition) is 1. The Hall–Kier alpha value is -0.570. The van der Waals surface area contributed by atoms with Crippen LogP contribution in [0.5, 0.6) is 0 Å². The highest BCUT2D eigenvalue weighted by atomic mass is 16.2. The van der Waals surface area contributed by atoms with E-state index in [0.717, 1.165) is 32.4 Å². The third kappa shape index (κ3) is 2.31. The first-order chi connectivity index (χ1) is 9.20. The normalized spacial score (nSPS) is 29.0. The lowest BCUT2D eigenvalue weighted by Gasteiger charge is -2.42. The van der Waals surface area contributed by atoms with Crippen LogP contribution in [0.2, 0.25) is 0 Å². The van der Waals surface area contributed by atoms with Gasteiger partial charge in [0.2, 0.25) is 5.91 Å². The van der Waals surface area contributed by atoms with E-state index >= 15 is 0 Å². The number of amides is 1. The summed E-state index contributed by atoms with van der Waals surface area (Å²) in [6.07, 6.45) is 9.54. The lowest BCUT2D eigenvalue weighted by atomic mass is 9.76. The van der Waals surface area contributed by atoms with Crippen molar-refractivity contribution in [2.75, 3.05) is 26.2 Å². The van der Waals surface area contributed by atoms with Crippen molar-refractivity contribution in [1.29, 1.82) is 0 Å². The predicted molar refractivity (Wildman–Crippen MR) is 76.9 cm³/mol. The van der Waals surface area contributed by atoms with E-state index in [1.165, 1.54) is 45.2 Å². The average molecular weight is 264 g/mol. The van der Waals surface area contributed by atoms with Crippen molar-refractivity contribution in [2.45, 2.75) is 58.3 Å². The van der Waals surface area contributed by atoms with Crippen LogP contribution < -0.4 is 5.32 Å². The van der Waals surface area contributed by atoms with Crippen LogP contribution in [0.1, 0.15) is 58.3 Å². The molecule has 1 aliphatic carbocycles. The van der Waals surface area contributed by atoms with Crippen molar-refractivity contribution in [3.05, 3.63) is 0 Å². The van der Waals surface area contributed by atoms with Crippen molar-refractivity contribution >= 4 is 5.91 Å². The maximum Gasteiger partial charge on any atom is 0.228 e. The van der Waals surface area contributed by atoms with Crippen molar-refractivity contribution in [2.24, 2.45) is 10.8 Å². The number of rotatable bonds is 2. The fourth-order valence-corrected chi connectivity index (χ4v) is 4.51. The fourth-order valence-electron chi connectivity index (χ4n) is 4.51. The number of carbonyl (C=O) groups excluding carboxylic acids is 1. The van der Waals surface area contributed by atoms with Gasteiger partial charge in [-0.25, -0.2) is 0 Å². The SMILES string of the molecule is CCC1(C(=O)N2CCC3(CCNC3)CC2)CCCC1. The smallest absolute Gasteiger partial charge is 0.228 e. The van der Waals surface area contributed by atoms with Gasteiger partial charge in [0.15, 0.2) is 0 Å². The molecule has 2 saturated heterocycles. The Morgan fingerprint density at radius 3 is 2.32 bits per heavy atom. The lowest BCUT2D eigenvalue weighted by molar-refractivity contribution is -0.144. The van der Waals surface area contributed by atoms with E-state index in [4.69, 9.17) is 0 Å². The summed E-state index contributed by atoms with van der Waals surface area (Å²) in [4.78, 5) is 15.1. The first kappa shape index (κ1) is 13.4. The second kappa shape index (κ2) is 5.08. The molecule has 0 atom stereocenters. The van der Waals surface area contributed by atoms with Crippen LogP contribution >= 0.6 is 0 Å². The molecule has 3 nitrogen and oxygen atoms in total. The molecule has 1 saturated carbocycles. The maximum absolute atomic E-state index is 12.9. The minimum atomic E-state index is 0.0123. The Morgan fingerprint density at radius 2 is 1.79 bits per heavy atom. The van der Waals surface area contributed by atoms with E-state index < -0.39 is 0 Å².